The lowest BCUT2D eigenvalue weighted by molar-refractivity contribution is 0.0703. The average Bonchev–Trinajstić information content (AvgIpc) is 3.44. The summed E-state index contributed by atoms with van der Waals surface area (Å²) in [5.74, 6) is 0.595. The number of pyridine rings is 1. The number of aryl methyl sites for hydroxylation is 1. The highest BCUT2D eigenvalue weighted by atomic mass is 32.1. The molecule has 2 aromatic carbocycles. The zero-order valence-corrected chi connectivity index (χ0v) is 19.2. The number of carboxylic acids is 1. The second kappa shape index (κ2) is 8.99. The maximum absolute atomic E-state index is 12.9. The average molecular weight is 472 g/mol. The molecule has 5 rings (SSSR count). The van der Waals surface area contributed by atoms with Crippen LogP contribution in [-0.4, -0.2) is 31.8 Å². The summed E-state index contributed by atoms with van der Waals surface area (Å²) >= 11 is 1.10. The number of aromatic nitrogens is 3. The molecule has 0 atom stereocenters. The van der Waals surface area contributed by atoms with E-state index in [2.05, 4.69) is 4.98 Å². The van der Waals surface area contributed by atoms with Crippen LogP contribution >= 0.6 is 11.3 Å². The minimum Gasteiger partial charge on any atom is -0.492 e. The molecular weight excluding hydrogens is 450 g/mol. The van der Waals surface area contributed by atoms with E-state index in [0.717, 1.165) is 28.1 Å². The van der Waals surface area contributed by atoms with Crippen molar-refractivity contribution < 1.29 is 14.6 Å². The number of aromatic carboxylic acids is 1. The maximum Gasteiger partial charge on any atom is 0.346 e. The van der Waals surface area contributed by atoms with Crippen LogP contribution in [0.5, 0.6) is 5.75 Å². The van der Waals surface area contributed by atoms with Crippen molar-refractivity contribution >= 4 is 27.5 Å². The third kappa shape index (κ3) is 3.99. The molecule has 7 nitrogen and oxygen atoms in total. The third-order valence-electron chi connectivity index (χ3n) is 5.62. The minimum absolute atomic E-state index is 0.204. The number of hydrogen-bond acceptors (Lipinski definition) is 5. The van der Waals surface area contributed by atoms with E-state index in [4.69, 9.17) is 4.74 Å². The largest absolute Gasteiger partial charge is 0.492 e. The van der Waals surface area contributed by atoms with E-state index in [9.17, 15) is 14.7 Å². The number of hydrogen-bond donors (Lipinski definition) is 1. The Balaban J connectivity index is 1.50. The molecule has 0 amide bonds. The summed E-state index contributed by atoms with van der Waals surface area (Å²) in [6.07, 6.45) is 3.66. The molecule has 0 fully saturated rings. The van der Waals surface area contributed by atoms with Crippen LogP contribution in [0.25, 0.3) is 27.0 Å². The third-order valence-corrected chi connectivity index (χ3v) is 6.80. The van der Waals surface area contributed by atoms with Crippen LogP contribution in [0.3, 0.4) is 0 Å². The van der Waals surface area contributed by atoms with E-state index in [1.807, 2.05) is 60.2 Å². The number of ether oxygens (including phenoxy) is 1. The van der Waals surface area contributed by atoms with Gasteiger partial charge in [0.15, 0.2) is 0 Å². The fourth-order valence-electron chi connectivity index (χ4n) is 3.96. The number of thiophene rings is 1. The highest BCUT2D eigenvalue weighted by Crippen LogP contribution is 2.39. The summed E-state index contributed by atoms with van der Waals surface area (Å²) in [5.41, 5.74) is 1.84. The van der Waals surface area contributed by atoms with E-state index >= 15 is 0 Å². The van der Waals surface area contributed by atoms with E-state index in [1.165, 1.54) is 6.07 Å². The molecule has 0 aliphatic carbocycles. The van der Waals surface area contributed by atoms with Crippen molar-refractivity contribution in [3.05, 3.63) is 100 Å². The van der Waals surface area contributed by atoms with Gasteiger partial charge in [-0.15, -0.1) is 11.3 Å². The summed E-state index contributed by atoms with van der Waals surface area (Å²) in [6.45, 7) is 3.11. The van der Waals surface area contributed by atoms with Crippen LogP contribution in [0.2, 0.25) is 0 Å². The lowest BCUT2D eigenvalue weighted by atomic mass is 10.0. The van der Waals surface area contributed by atoms with Gasteiger partial charge in [-0.2, -0.15) is 0 Å². The van der Waals surface area contributed by atoms with E-state index in [1.54, 1.807) is 29.0 Å². The predicted molar refractivity (Wildman–Crippen MR) is 132 cm³/mol. The molecule has 5 aromatic rings. The molecule has 3 aromatic heterocycles. The van der Waals surface area contributed by atoms with E-state index in [0.29, 0.717) is 35.0 Å². The summed E-state index contributed by atoms with van der Waals surface area (Å²) in [6, 6.07) is 19.8. The first-order chi connectivity index (χ1) is 16.5. The Hall–Kier alpha value is -4.17. The molecule has 8 heteroatoms. The molecular formula is C26H21N3O4S. The first-order valence-electron chi connectivity index (χ1n) is 10.7. The number of carbonyl (C=O) groups is 1. The van der Waals surface area contributed by atoms with Crippen LogP contribution in [0.4, 0.5) is 0 Å². The van der Waals surface area contributed by atoms with Gasteiger partial charge in [0.2, 0.25) is 0 Å². The van der Waals surface area contributed by atoms with Crippen molar-refractivity contribution in [2.24, 2.45) is 0 Å². The van der Waals surface area contributed by atoms with Crippen LogP contribution in [0.15, 0.2) is 83.9 Å². The van der Waals surface area contributed by atoms with Gasteiger partial charge in [0.05, 0.1) is 12.2 Å². The molecule has 0 saturated carbocycles. The highest BCUT2D eigenvalue weighted by molar-refractivity contribution is 7.21. The fraction of sp³-hybridized carbons (Fsp3) is 0.115. The van der Waals surface area contributed by atoms with Crippen molar-refractivity contribution in [1.29, 1.82) is 0 Å². The predicted octanol–water partition coefficient (Wildman–Crippen LogP) is 5.00. The first kappa shape index (κ1) is 21.7. The second-order valence-corrected chi connectivity index (χ2v) is 8.71. The maximum atomic E-state index is 12.9. The van der Waals surface area contributed by atoms with E-state index in [-0.39, 0.29) is 10.4 Å². The molecule has 0 saturated heterocycles. The standard InChI is InChI=1S/C26H21N3O4S/c1-17-27-13-14-28(17)15-16-33-20-9-7-19(8-10-20)29-22(30)12-11-21-23(18-5-3-2-4-6-18)24(26(31)32)34-25(21)29/h2-14H,15-16H2,1H3,(H,31,32). The van der Waals surface area contributed by atoms with Crippen molar-refractivity contribution in [2.75, 3.05) is 6.61 Å². The van der Waals surface area contributed by atoms with Gasteiger partial charge in [0.25, 0.3) is 5.56 Å². The number of imidazole rings is 1. The highest BCUT2D eigenvalue weighted by Gasteiger charge is 2.22. The Bertz CT molecular complexity index is 1530. The molecule has 0 radical (unpaired) electrons. The SMILES string of the molecule is Cc1nccn1CCOc1ccc(-n2c(=O)ccc3c(-c4ccccc4)c(C(=O)O)sc32)cc1. The van der Waals surface area contributed by atoms with Gasteiger partial charge >= 0.3 is 5.97 Å². The van der Waals surface area contributed by atoms with Gasteiger partial charge < -0.3 is 14.4 Å². The Labute approximate surface area is 199 Å². The Morgan fingerprint density at radius 2 is 1.82 bits per heavy atom. The Morgan fingerprint density at radius 1 is 1.06 bits per heavy atom. The molecule has 3 heterocycles. The van der Waals surface area contributed by atoms with Crippen molar-refractivity contribution in [2.45, 2.75) is 13.5 Å². The van der Waals surface area contributed by atoms with Crippen molar-refractivity contribution in [3.8, 4) is 22.6 Å². The van der Waals surface area contributed by atoms with E-state index < -0.39 is 5.97 Å². The lowest BCUT2D eigenvalue weighted by Crippen LogP contribution is -2.16. The molecule has 0 unspecified atom stereocenters. The fourth-order valence-corrected chi connectivity index (χ4v) is 5.14. The van der Waals surface area contributed by atoms with Gasteiger partial charge in [-0.1, -0.05) is 30.3 Å². The number of rotatable bonds is 7. The normalized spacial score (nSPS) is 11.1. The lowest BCUT2D eigenvalue weighted by Gasteiger charge is -2.11. The van der Waals surface area contributed by atoms with Crippen molar-refractivity contribution in [1.82, 2.24) is 14.1 Å². The Morgan fingerprint density at radius 3 is 2.50 bits per heavy atom. The summed E-state index contributed by atoms with van der Waals surface area (Å²) in [5, 5.41) is 10.6. The molecule has 34 heavy (non-hydrogen) atoms. The van der Waals surface area contributed by atoms with Crippen LogP contribution in [0, 0.1) is 6.92 Å². The van der Waals surface area contributed by atoms with Gasteiger partial charge in [-0.05, 0) is 42.8 Å². The van der Waals surface area contributed by atoms with Crippen LogP contribution in [-0.2, 0) is 6.54 Å². The van der Waals surface area contributed by atoms with Crippen LogP contribution < -0.4 is 10.3 Å². The monoisotopic (exact) mass is 471 g/mol. The van der Waals surface area contributed by atoms with Gasteiger partial charge in [0.1, 0.15) is 27.9 Å². The number of fused-ring (bicyclic) bond motifs is 1. The molecule has 0 aliphatic rings. The topological polar surface area (TPSA) is 86.4 Å². The summed E-state index contributed by atoms with van der Waals surface area (Å²) in [7, 11) is 0. The van der Waals surface area contributed by atoms with Gasteiger partial charge in [-0.25, -0.2) is 9.78 Å². The Kier molecular flexibility index (Phi) is 5.73. The first-order valence-corrected chi connectivity index (χ1v) is 11.5. The van der Waals surface area contributed by atoms with Crippen molar-refractivity contribution in [3.63, 3.8) is 0 Å². The molecule has 0 bridgehead atoms. The minimum atomic E-state index is -1.02. The molecule has 1 N–H and O–H groups in total. The van der Waals surface area contributed by atoms with Crippen LogP contribution in [0.1, 0.15) is 15.5 Å². The molecule has 0 aliphatic heterocycles. The molecule has 170 valence electrons. The van der Waals surface area contributed by atoms with Gasteiger partial charge in [-0.3, -0.25) is 9.36 Å². The second-order valence-electron chi connectivity index (χ2n) is 7.71. The smallest absolute Gasteiger partial charge is 0.346 e. The van der Waals surface area contributed by atoms with Gasteiger partial charge in [0, 0.05) is 29.4 Å². The summed E-state index contributed by atoms with van der Waals surface area (Å²) in [4.78, 5) is 29.9. The molecule has 0 spiro atoms. The number of carboxylic acid groups (broad SMARTS) is 1. The summed E-state index contributed by atoms with van der Waals surface area (Å²) < 4.78 is 9.41. The number of nitrogens with zero attached hydrogens (tertiary/aromatic N) is 3. The zero-order chi connectivity index (χ0) is 23.7. The number of benzene rings is 2. The zero-order valence-electron chi connectivity index (χ0n) is 18.3. The quantitative estimate of drug-likeness (QED) is 0.361.